The summed E-state index contributed by atoms with van der Waals surface area (Å²) < 4.78 is 19.0. The average molecular weight is 492 g/mol. The van der Waals surface area contributed by atoms with E-state index in [0.29, 0.717) is 24.7 Å². The first kappa shape index (κ1) is 27.3. The van der Waals surface area contributed by atoms with Crippen molar-refractivity contribution in [1.82, 2.24) is 14.7 Å². The maximum atomic E-state index is 10.6. The fourth-order valence-electron chi connectivity index (χ4n) is 3.96. The van der Waals surface area contributed by atoms with Crippen LogP contribution in [0.5, 0.6) is 17.4 Å². The normalized spacial score (nSPS) is 12.8. The van der Waals surface area contributed by atoms with E-state index in [9.17, 15) is 5.11 Å². The molecule has 0 saturated carbocycles. The van der Waals surface area contributed by atoms with E-state index < -0.39 is 6.10 Å². The third-order valence-electron chi connectivity index (χ3n) is 6.15. The number of para-hydroxylation sites is 1. The van der Waals surface area contributed by atoms with Gasteiger partial charge in [-0.3, -0.25) is 4.90 Å². The van der Waals surface area contributed by atoms with Crippen LogP contribution in [0.15, 0.2) is 54.6 Å². The number of ether oxygens (including phenoxy) is 3. The number of terminal acetylenes is 1. The van der Waals surface area contributed by atoms with Crippen molar-refractivity contribution >= 4 is 0 Å². The second-order valence-corrected chi connectivity index (χ2v) is 8.67. The number of methoxy groups -OCH3 is 1. The monoisotopic (exact) mass is 491 g/mol. The molecule has 36 heavy (non-hydrogen) atoms. The van der Waals surface area contributed by atoms with Gasteiger partial charge in [-0.15, -0.1) is 6.42 Å². The van der Waals surface area contributed by atoms with Gasteiger partial charge in [-0.05, 0) is 56.2 Å². The van der Waals surface area contributed by atoms with Gasteiger partial charge < -0.3 is 19.3 Å². The van der Waals surface area contributed by atoms with Gasteiger partial charge in [0.1, 0.15) is 18.1 Å². The van der Waals surface area contributed by atoms with Crippen molar-refractivity contribution in [3.8, 4) is 35.4 Å². The van der Waals surface area contributed by atoms with Gasteiger partial charge in [0.2, 0.25) is 5.88 Å². The molecule has 3 aromatic rings. The first-order valence-electron chi connectivity index (χ1n) is 12.4. The second kappa shape index (κ2) is 13.7. The Bertz CT molecular complexity index is 1110. The van der Waals surface area contributed by atoms with Gasteiger partial charge in [-0.25, -0.2) is 4.68 Å². The fraction of sp³-hybridized carbons (Fsp3) is 0.414. The summed E-state index contributed by atoms with van der Waals surface area (Å²) in [6.45, 7) is 7.78. The zero-order valence-electron chi connectivity index (χ0n) is 21.7. The number of nitrogens with zero attached hydrogens (tertiary/aromatic N) is 3. The number of aliphatic hydroxyl groups is 1. The molecule has 2 atom stereocenters. The molecule has 0 aliphatic carbocycles. The van der Waals surface area contributed by atoms with E-state index in [0.717, 1.165) is 35.5 Å². The summed E-state index contributed by atoms with van der Waals surface area (Å²) >= 11 is 0. The number of aliphatic hydroxyl groups excluding tert-OH is 1. The van der Waals surface area contributed by atoms with Crippen molar-refractivity contribution in [2.45, 2.75) is 52.3 Å². The van der Waals surface area contributed by atoms with E-state index in [4.69, 9.17) is 25.7 Å². The Morgan fingerprint density at radius 3 is 2.39 bits per heavy atom. The number of aryl methyl sites for hydroxylation is 1. The lowest BCUT2D eigenvalue weighted by Gasteiger charge is -2.30. The van der Waals surface area contributed by atoms with Crippen molar-refractivity contribution in [3.63, 3.8) is 0 Å². The van der Waals surface area contributed by atoms with Crippen molar-refractivity contribution < 1.29 is 19.3 Å². The summed E-state index contributed by atoms with van der Waals surface area (Å²) in [7, 11) is 1.64. The molecule has 7 heteroatoms. The number of benzene rings is 2. The highest BCUT2D eigenvalue weighted by Crippen LogP contribution is 2.33. The molecule has 0 aliphatic heterocycles. The zero-order valence-corrected chi connectivity index (χ0v) is 21.7. The van der Waals surface area contributed by atoms with E-state index in [1.165, 1.54) is 0 Å². The molecule has 192 valence electrons. The van der Waals surface area contributed by atoms with Crippen LogP contribution in [-0.2, 0) is 17.7 Å². The molecule has 2 aromatic carbocycles. The van der Waals surface area contributed by atoms with Crippen molar-refractivity contribution in [2.75, 3.05) is 26.9 Å². The molecule has 0 radical (unpaired) electrons. The third-order valence-corrected chi connectivity index (χ3v) is 6.15. The standard InChI is InChI=1S/C29H37N3O4/c1-6-18-35-21-24(33)19-31(22(4)7-2)20-27-28(8-3)30-32(23-12-10-9-11-13-23)29(27)36-26-16-14-25(34-5)15-17-26/h1,9-17,22,24,33H,7-8,18-21H2,2-5H3. The summed E-state index contributed by atoms with van der Waals surface area (Å²) in [4.78, 5) is 2.25. The van der Waals surface area contributed by atoms with Crippen LogP contribution in [-0.4, -0.2) is 58.8 Å². The van der Waals surface area contributed by atoms with Crippen molar-refractivity contribution in [1.29, 1.82) is 0 Å². The summed E-state index contributed by atoms with van der Waals surface area (Å²) in [5, 5.41) is 15.6. The molecular formula is C29H37N3O4. The van der Waals surface area contributed by atoms with Gasteiger partial charge in [0.05, 0.1) is 36.8 Å². The van der Waals surface area contributed by atoms with Crippen LogP contribution in [0, 0.1) is 12.3 Å². The fourth-order valence-corrected chi connectivity index (χ4v) is 3.96. The highest BCUT2D eigenvalue weighted by molar-refractivity contribution is 5.44. The number of aromatic nitrogens is 2. The molecule has 1 aromatic heterocycles. The van der Waals surface area contributed by atoms with E-state index in [1.807, 2.05) is 59.3 Å². The Labute approximate surface area is 214 Å². The summed E-state index contributed by atoms with van der Waals surface area (Å²) in [5.41, 5.74) is 2.86. The minimum Gasteiger partial charge on any atom is -0.497 e. The maximum Gasteiger partial charge on any atom is 0.227 e. The van der Waals surface area contributed by atoms with Gasteiger partial charge >= 0.3 is 0 Å². The van der Waals surface area contributed by atoms with Crippen molar-refractivity contribution in [3.05, 3.63) is 65.9 Å². The molecule has 0 amide bonds. The Morgan fingerprint density at radius 1 is 1.08 bits per heavy atom. The van der Waals surface area contributed by atoms with Gasteiger partial charge in [0, 0.05) is 19.1 Å². The van der Waals surface area contributed by atoms with Crippen LogP contribution in [0.2, 0.25) is 0 Å². The quantitative estimate of drug-likeness (QED) is 0.257. The predicted octanol–water partition coefficient (Wildman–Crippen LogP) is 4.85. The van der Waals surface area contributed by atoms with Gasteiger partial charge in [-0.2, -0.15) is 5.10 Å². The highest BCUT2D eigenvalue weighted by Gasteiger charge is 2.25. The summed E-state index contributed by atoms with van der Waals surface area (Å²) in [6, 6.07) is 17.7. The van der Waals surface area contributed by atoms with Crippen LogP contribution in [0.3, 0.4) is 0 Å². The van der Waals surface area contributed by atoms with E-state index in [-0.39, 0.29) is 19.3 Å². The third kappa shape index (κ3) is 7.11. The minimum absolute atomic E-state index is 0.185. The lowest BCUT2D eigenvalue weighted by atomic mass is 10.1. The average Bonchev–Trinajstić information content (AvgIpc) is 3.25. The predicted molar refractivity (Wildman–Crippen MR) is 142 cm³/mol. The molecule has 1 N–H and O–H groups in total. The number of rotatable bonds is 14. The first-order chi connectivity index (χ1) is 17.5. The Balaban J connectivity index is 1.99. The topological polar surface area (TPSA) is 69.0 Å². The van der Waals surface area contributed by atoms with Crippen LogP contribution in [0.25, 0.3) is 5.69 Å². The highest BCUT2D eigenvalue weighted by atomic mass is 16.5. The molecule has 2 unspecified atom stereocenters. The molecule has 7 nitrogen and oxygen atoms in total. The minimum atomic E-state index is -0.660. The molecule has 0 aliphatic rings. The van der Waals surface area contributed by atoms with Crippen LogP contribution in [0.4, 0.5) is 0 Å². The Hall–Kier alpha value is -3.31. The zero-order chi connectivity index (χ0) is 25.9. The van der Waals surface area contributed by atoms with Crippen LogP contribution < -0.4 is 9.47 Å². The van der Waals surface area contributed by atoms with Gasteiger partial charge in [0.25, 0.3) is 0 Å². The van der Waals surface area contributed by atoms with E-state index >= 15 is 0 Å². The van der Waals surface area contributed by atoms with Gasteiger partial charge in [0.15, 0.2) is 0 Å². The van der Waals surface area contributed by atoms with Gasteiger partial charge in [-0.1, -0.05) is 38.0 Å². The first-order valence-corrected chi connectivity index (χ1v) is 12.4. The van der Waals surface area contributed by atoms with Crippen LogP contribution in [0.1, 0.15) is 38.4 Å². The Morgan fingerprint density at radius 2 is 1.78 bits per heavy atom. The Kier molecular flexibility index (Phi) is 10.4. The lowest BCUT2D eigenvalue weighted by Crippen LogP contribution is -2.40. The van der Waals surface area contributed by atoms with E-state index in [2.05, 4.69) is 31.6 Å². The largest absolute Gasteiger partial charge is 0.497 e. The summed E-state index contributed by atoms with van der Waals surface area (Å²) in [6.07, 6.45) is 6.29. The number of hydrogen-bond donors (Lipinski definition) is 1. The molecule has 3 rings (SSSR count). The summed E-state index contributed by atoms with van der Waals surface area (Å²) in [5.74, 6) is 4.55. The molecule has 0 saturated heterocycles. The maximum absolute atomic E-state index is 10.6. The van der Waals surface area contributed by atoms with E-state index in [1.54, 1.807) is 7.11 Å². The molecule has 0 fully saturated rings. The van der Waals surface area contributed by atoms with Crippen molar-refractivity contribution in [2.24, 2.45) is 0 Å². The molecule has 0 spiro atoms. The molecule has 1 heterocycles. The smallest absolute Gasteiger partial charge is 0.227 e. The SMILES string of the molecule is C#CCOCC(O)CN(Cc1c(CC)nn(-c2ccccc2)c1Oc1ccc(OC)cc1)C(C)CC. The molecular weight excluding hydrogens is 454 g/mol. The lowest BCUT2D eigenvalue weighted by molar-refractivity contribution is 0.0168. The second-order valence-electron chi connectivity index (χ2n) is 8.67. The number of hydrogen-bond acceptors (Lipinski definition) is 6. The molecule has 0 bridgehead atoms. The van der Waals surface area contributed by atoms with Crippen LogP contribution >= 0.6 is 0 Å².